The normalized spacial score (nSPS) is 18.2. The molecule has 6 nitrogen and oxygen atoms in total. The van der Waals surface area contributed by atoms with Crippen molar-refractivity contribution in [2.45, 2.75) is 26.2 Å². The number of nitrogens with zero attached hydrogens (tertiary/aromatic N) is 2. The second kappa shape index (κ2) is 5.90. The van der Waals surface area contributed by atoms with Gasteiger partial charge in [-0.05, 0) is 24.8 Å². The van der Waals surface area contributed by atoms with Crippen LogP contribution < -0.4 is 5.73 Å². The Kier molecular flexibility index (Phi) is 4.22. The minimum Gasteiger partial charge on any atom is -0.398 e. The number of amides is 1. The van der Waals surface area contributed by atoms with Crippen LogP contribution in [0.5, 0.6) is 0 Å². The molecule has 1 atom stereocenters. The summed E-state index contributed by atoms with van der Waals surface area (Å²) in [5.41, 5.74) is 6.20. The van der Waals surface area contributed by atoms with Gasteiger partial charge in [-0.1, -0.05) is 13.3 Å². The maximum Gasteiger partial charge on any atom is 0.270 e. The first-order chi connectivity index (χ1) is 9.52. The molecule has 2 rings (SSSR count). The number of non-ortho nitro benzene ring substituents is 1. The molecule has 20 heavy (non-hydrogen) atoms. The van der Waals surface area contributed by atoms with Crippen molar-refractivity contribution in [1.82, 2.24) is 4.90 Å². The number of carbonyl (C=O) groups is 1. The van der Waals surface area contributed by atoms with Crippen molar-refractivity contribution < 1.29 is 9.72 Å². The van der Waals surface area contributed by atoms with E-state index < -0.39 is 4.92 Å². The van der Waals surface area contributed by atoms with Gasteiger partial charge >= 0.3 is 0 Å². The second-order valence-electron chi connectivity index (χ2n) is 5.22. The van der Waals surface area contributed by atoms with Gasteiger partial charge in [-0.2, -0.15) is 0 Å². The maximum atomic E-state index is 12.4. The van der Waals surface area contributed by atoms with Crippen molar-refractivity contribution in [2.24, 2.45) is 5.92 Å². The van der Waals surface area contributed by atoms with E-state index in [0.29, 0.717) is 18.2 Å². The molecule has 0 bridgehead atoms. The Morgan fingerprint density at radius 1 is 1.55 bits per heavy atom. The number of anilines is 1. The number of nitro benzene ring substituents is 1. The molecule has 0 aromatic heterocycles. The summed E-state index contributed by atoms with van der Waals surface area (Å²) in [6.45, 7) is 3.55. The summed E-state index contributed by atoms with van der Waals surface area (Å²) in [6, 6.07) is 4.01. The number of benzene rings is 1. The van der Waals surface area contributed by atoms with E-state index in [4.69, 9.17) is 5.73 Å². The number of hydrogen-bond donors (Lipinski definition) is 1. The van der Waals surface area contributed by atoms with Crippen molar-refractivity contribution in [3.05, 3.63) is 33.9 Å². The predicted molar refractivity (Wildman–Crippen MR) is 76.4 cm³/mol. The van der Waals surface area contributed by atoms with Crippen molar-refractivity contribution in [3.63, 3.8) is 0 Å². The number of nitrogens with two attached hydrogens (primary N) is 1. The lowest BCUT2D eigenvalue weighted by Gasteiger charge is -2.17. The number of nitro groups is 1. The first-order valence-electron chi connectivity index (χ1n) is 6.86. The van der Waals surface area contributed by atoms with E-state index in [1.165, 1.54) is 18.2 Å². The largest absolute Gasteiger partial charge is 0.398 e. The standard InChI is InChI=1S/C14H19N3O3/c1-2-3-10-6-7-16(9-10)14(18)12-8-11(17(19)20)4-5-13(12)15/h4-5,8,10H,2-3,6-7,9,15H2,1H3. The highest BCUT2D eigenvalue weighted by Gasteiger charge is 2.28. The SMILES string of the molecule is CCCC1CCN(C(=O)c2cc([N+](=O)[O-])ccc2N)C1. The van der Waals surface area contributed by atoms with E-state index >= 15 is 0 Å². The van der Waals surface area contributed by atoms with E-state index in [2.05, 4.69) is 6.92 Å². The monoisotopic (exact) mass is 277 g/mol. The van der Waals surface area contributed by atoms with Gasteiger partial charge in [0.15, 0.2) is 0 Å². The third kappa shape index (κ3) is 2.89. The Hall–Kier alpha value is -2.11. The topological polar surface area (TPSA) is 89.5 Å². The molecule has 1 aliphatic rings. The Labute approximate surface area is 117 Å². The molecule has 1 aromatic carbocycles. The lowest BCUT2D eigenvalue weighted by molar-refractivity contribution is -0.384. The van der Waals surface area contributed by atoms with Gasteiger partial charge in [-0.25, -0.2) is 0 Å². The zero-order valence-corrected chi connectivity index (χ0v) is 11.5. The Morgan fingerprint density at radius 3 is 2.95 bits per heavy atom. The van der Waals surface area contributed by atoms with Gasteiger partial charge in [0.05, 0.1) is 10.5 Å². The Balaban J connectivity index is 2.17. The van der Waals surface area contributed by atoms with Gasteiger partial charge in [0.1, 0.15) is 0 Å². The van der Waals surface area contributed by atoms with Gasteiger partial charge < -0.3 is 10.6 Å². The molecule has 0 saturated carbocycles. The average molecular weight is 277 g/mol. The molecule has 1 unspecified atom stereocenters. The molecule has 1 amide bonds. The molecule has 2 N–H and O–H groups in total. The molecule has 108 valence electrons. The molecule has 1 fully saturated rings. The first-order valence-corrected chi connectivity index (χ1v) is 6.86. The highest BCUT2D eigenvalue weighted by Crippen LogP contribution is 2.26. The molecule has 1 heterocycles. The summed E-state index contributed by atoms with van der Waals surface area (Å²) in [4.78, 5) is 24.4. The third-order valence-corrected chi connectivity index (χ3v) is 3.75. The first kappa shape index (κ1) is 14.3. The highest BCUT2D eigenvalue weighted by molar-refractivity contribution is 5.99. The summed E-state index contributed by atoms with van der Waals surface area (Å²) < 4.78 is 0. The fourth-order valence-electron chi connectivity index (χ4n) is 2.67. The van der Waals surface area contributed by atoms with E-state index in [-0.39, 0.29) is 17.2 Å². The lowest BCUT2D eigenvalue weighted by atomic mass is 10.0. The fraction of sp³-hybridized carbons (Fsp3) is 0.500. The summed E-state index contributed by atoms with van der Waals surface area (Å²) >= 11 is 0. The van der Waals surface area contributed by atoms with Gasteiger partial charge in [-0.15, -0.1) is 0 Å². The number of carbonyl (C=O) groups excluding carboxylic acids is 1. The molecule has 1 aromatic rings. The predicted octanol–water partition coefficient (Wildman–Crippen LogP) is 2.44. The zero-order chi connectivity index (χ0) is 14.7. The van der Waals surface area contributed by atoms with Gasteiger partial charge in [-0.3, -0.25) is 14.9 Å². The molecule has 0 spiro atoms. The van der Waals surface area contributed by atoms with Gasteiger partial charge in [0, 0.05) is 30.9 Å². The van der Waals surface area contributed by atoms with Crippen LogP contribution in [0.25, 0.3) is 0 Å². The van der Waals surface area contributed by atoms with Crippen molar-refractivity contribution >= 4 is 17.3 Å². The van der Waals surface area contributed by atoms with E-state index in [1.54, 1.807) is 4.90 Å². The average Bonchev–Trinajstić information content (AvgIpc) is 2.87. The smallest absolute Gasteiger partial charge is 0.270 e. The third-order valence-electron chi connectivity index (χ3n) is 3.75. The molecule has 0 radical (unpaired) electrons. The van der Waals surface area contributed by atoms with Crippen LogP contribution in [0, 0.1) is 16.0 Å². The van der Waals surface area contributed by atoms with Crippen LogP contribution in [0.15, 0.2) is 18.2 Å². The van der Waals surface area contributed by atoms with Crippen LogP contribution in [-0.2, 0) is 0 Å². The maximum absolute atomic E-state index is 12.4. The molecule has 6 heteroatoms. The lowest BCUT2D eigenvalue weighted by Crippen LogP contribution is -2.29. The summed E-state index contributed by atoms with van der Waals surface area (Å²) in [7, 11) is 0. The fourth-order valence-corrected chi connectivity index (χ4v) is 2.67. The quantitative estimate of drug-likeness (QED) is 0.520. The van der Waals surface area contributed by atoms with Crippen molar-refractivity contribution in [3.8, 4) is 0 Å². The van der Waals surface area contributed by atoms with Crippen molar-refractivity contribution in [2.75, 3.05) is 18.8 Å². The summed E-state index contributed by atoms with van der Waals surface area (Å²) in [5, 5.41) is 10.8. The van der Waals surface area contributed by atoms with E-state index in [9.17, 15) is 14.9 Å². The van der Waals surface area contributed by atoms with Crippen LogP contribution in [-0.4, -0.2) is 28.8 Å². The highest BCUT2D eigenvalue weighted by atomic mass is 16.6. The second-order valence-corrected chi connectivity index (χ2v) is 5.22. The van der Waals surface area contributed by atoms with Gasteiger partial charge in [0.25, 0.3) is 11.6 Å². The van der Waals surface area contributed by atoms with Crippen LogP contribution >= 0.6 is 0 Å². The van der Waals surface area contributed by atoms with Crippen LogP contribution in [0.1, 0.15) is 36.5 Å². The van der Waals surface area contributed by atoms with Crippen LogP contribution in [0.3, 0.4) is 0 Å². The molecular weight excluding hydrogens is 258 g/mol. The van der Waals surface area contributed by atoms with Crippen LogP contribution in [0.2, 0.25) is 0 Å². The number of likely N-dealkylation sites (tertiary alicyclic amines) is 1. The summed E-state index contributed by atoms with van der Waals surface area (Å²) in [6.07, 6.45) is 3.20. The van der Waals surface area contributed by atoms with E-state index in [0.717, 1.165) is 25.8 Å². The Bertz CT molecular complexity index is 530. The van der Waals surface area contributed by atoms with Crippen LogP contribution in [0.4, 0.5) is 11.4 Å². The zero-order valence-electron chi connectivity index (χ0n) is 11.5. The number of rotatable bonds is 4. The summed E-state index contributed by atoms with van der Waals surface area (Å²) in [5.74, 6) is 0.327. The number of hydrogen-bond acceptors (Lipinski definition) is 4. The minimum atomic E-state index is -0.514. The van der Waals surface area contributed by atoms with Gasteiger partial charge in [0.2, 0.25) is 0 Å². The Morgan fingerprint density at radius 2 is 2.30 bits per heavy atom. The molecule has 1 aliphatic heterocycles. The number of nitrogen functional groups attached to an aromatic ring is 1. The molecular formula is C14H19N3O3. The minimum absolute atomic E-state index is 0.105. The van der Waals surface area contributed by atoms with E-state index in [1.807, 2.05) is 0 Å². The molecule has 1 saturated heterocycles. The molecule has 0 aliphatic carbocycles. The van der Waals surface area contributed by atoms with Crippen molar-refractivity contribution in [1.29, 1.82) is 0 Å².